The predicted octanol–water partition coefficient (Wildman–Crippen LogP) is 2.25. The third-order valence-corrected chi connectivity index (χ3v) is 2.68. The zero-order chi connectivity index (χ0) is 15.0. The Balaban J connectivity index is 2.45. The van der Waals surface area contributed by atoms with Crippen LogP contribution in [0.2, 0.25) is 5.02 Å². The molecular formula is C14H16ClNO4. The van der Waals surface area contributed by atoms with Crippen molar-refractivity contribution in [1.29, 1.82) is 0 Å². The van der Waals surface area contributed by atoms with Crippen LogP contribution in [0.3, 0.4) is 0 Å². The number of hydrogen-bond donors (Lipinski definition) is 2. The van der Waals surface area contributed by atoms with Crippen LogP contribution in [0.15, 0.2) is 36.4 Å². The summed E-state index contributed by atoms with van der Waals surface area (Å²) in [4.78, 5) is 22.6. The summed E-state index contributed by atoms with van der Waals surface area (Å²) < 4.78 is 5.23. The zero-order valence-corrected chi connectivity index (χ0v) is 11.8. The molecule has 1 rings (SSSR count). The lowest BCUT2D eigenvalue weighted by molar-refractivity contribution is -0.142. The van der Waals surface area contributed by atoms with Crippen LogP contribution in [-0.4, -0.2) is 29.6 Å². The Hall–Kier alpha value is -2.01. The third-order valence-electron chi connectivity index (χ3n) is 2.42. The van der Waals surface area contributed by atoms with Crippen molar-refractivity contribution in [3.8, 4) is 5.75 Å². The van der Waals surface area contributed by atoms with E-state index in [0.29, 0.717) is 10.8 Å². The molecule has 1 aromatic rings. The van der Waals surface area contributed by atoms with Crippen molar-refractivity contribution in [1.82, 2.24) is 5.32 Å². The maximum atomic E-state index is 11.6. The fraction of sp³-hybridized carbons (Fsp3) is 0.286. The average molecular weight is 298 g/mol. The van der Waals surface area contributed by atoms with Crippen LogP contribution in [0.1, 0.15) is 13.3 Å². The molecule has 1 amide bonds. The molecule has 0 bridgehead atoms. The predicted molar refractivity (Wildman–Crippen MR) is 75.9 cm³/mol. The molecule has 5 nitrogen and oxygen atoms in total. The highest BCUT2D eigenvalue weighted by Crippen LogP contribution is 2.15. The second-order valence-corrected chi connectivity index (χ2v) is 4.44. The minimum absolute atomic E-state index is 0.235. The van der Waals surface area contributed by atoms with Crippen LogP contribution in [0, 0.1) is 0 Å². The highest BCUT2D eigenvalue weighted by Gasteiger charge is 2.18. The van der Waals surface area contributed by atoms with Crippen molar-refractivity contribution in [3.05, 3.63) is 41.4 Å². The van der Waals surface area contributed by atoms with Crippen LogP contribution >= 0.6 is 11.6 Å². The molecule has 1 unspecified atom stereocenters. The fourth-order valence-electron chi connectivity index (χ4n) is 1.41. The lowest BCUT2D eigenvalue weighted by Crippen LogP contribution is -2.42. The summed E-state index contributed by atoms with van der Waals surface area (Å²) in [5.41, 5.74) is 0. The lowest BCUT2D eigenvalue weighted by atomic mass is 10.2. The van der Waals surface area contributed by atoms with Crippen molar-refractivity contribution in [2.45, 2.75) is 19.4 Å². The number of hydrogen-bond acceptors (Lipinski definition) is 3. The highest BCUT2D eigenvalue weighted by atomic mass is 35.5. The van der Waals surface area contributed by atoms with Crippen LogP contribution in [0.4, 0.5) is 0 Å². The first-order valence-electron chi connectivity index (χ1n) is 6.04. The van der Waals surface area contributed by atoms with Gasteiger partial charge < -0.3 is 15.2 Å². The Bertz CT molecular complexity index is 484. The second kappa shape index (κ2) is 8.22. The number of carboxylic acids is 1. The standard InChI is InChI=1S/C14H16ClNO4/c1-2-3-4-12(14(18)19)16-13(17)9-20-11-7-5-10(15)6-8-11/h2-3,5-8,12H,4,9H2,1H3,(H,16,17)(H,18,19)/b3-2+. The van der Waals surface area contributed by atoms with Crippen LogP contribution in [0.25, 0.3) is 0 Å². The minimum Gasteiger partial charge on any atom is -0.484 e. The van der Waals surface area contributed by atoms with Gasteiger partial charge in [-0.2, -0.15) is 0 Å². The van der Waals surface area contributed by atoms with Crippen molar-refractivity contribution in [2.75, 3.05) is 6.61 Å². The summed E-state index contributed by atoms with van der Waals surface area (Å²) in [5.74, 6) is -1.08. The Kier molecular flexibility index (Phi) is 6.59. The highest BCUT2D eigenvalue weighted by molar-refractivity contribution is 6.30. The number of allylic oxidation sites excluding steroid dienone is 1. The molecule has 0 aliphatic heterocycles. The maximum absolute atomic E-state index is 11.6. The molecule has 0 aromatic heterocycles. The summed E-state index contributed by atoms with van der Waals surface area (Å²) in [6.07, 6.45) is 3.64. The third kappa shape index (κ3) is 5.75. The first-order valence-corrected chi connectivity index (χ1v) is 6.42. The molecule has 0 saturated heterocycles. The van der Waals surface area contributed by atoms with Crippen molar-refractivity contribution >= 4 is 23.5 Å². The van der Waals surface area contributed by atoms with Gasteiger partial charge in [-0.05, 0) is 37.6 Å². The topological polar surface area (TPSA) is 75.6 Å². The van der Waals surface area contributed by atoms with Gasteiger partial charge in [-0.3, -0.25) is 4.79 Å². The number of aliphatic carboxylic acids is 1. The van der Waals surface area contributed by atoms with E-state index >= 15 is 0 Å². The van der Waals surface area contributed by atoms with Gasteiger partial charge in [0.05, 0.1) is 0 Å². The van der Waals surface area contributed by atoms with E-state index in [0.717, 1.165) is 0 Å². The molecular weight excluding hydrogens is 282 g/mol. The first-order chi connectivity index (χ1) is 9.52. The molecule has 0 radical (unpaired) electrons. The van der Waals surface area contributed by atoms with Gasteiger partial charge in [-0.15, -0.1) is 0 Å². The van der Waals surface area contributed by atoms with Gasteiger partial charge >= 0.3 is 5.97 Å². The molecule has 2 N–H and O–H groups in total. The number of nitrogens with one attached hydrogen (secondary N) is 1. The van der Waals surface area contributed by atoms with Gasteiger partial charge in [0.1, 0.15) is 11.8 Å². The van der Waals surface area contributed by atoms with Gasteiger partial charge in [-0.1, -0.05) is 23.8 Å². The number of carbonyl (C=O) groups excluding carboxylic acids is 1. The molecule has 0 fully saturated rings. The largest absolute Gasteiger partial charge is 0.484 e. The normalized spacial score (nSPS) is 12.1. The Morgan fingerprint density at radius 1 is 1.40 bits per heavy atom. The van der Waals surface area contributed by atoms with E-state index < -0.39 is 17.9 Å². The van der Waals surface area contributed by atoms with E-state index in [2.05, 4.69) is 5.32 Å². The van der Waals surface area contributed by atoms with E-state index in [1.807, 2.05) is 0 Å². The van der Waals surface area contributed by atoms with Crippen LogP contribution < -0.4 is 10.1 Å². The molecule has 0 spiro atoms. The average Bonchev–Trinajstić information content (AvgIpc) is 2.42. The summed E-state index contributed by atoms with van der Waals surface area (Å²) >= 11 is 5.72. The zero-order valence-electron chi connectivity index (χ0n) is 11.0. The van der Waals surface area contributed by atoms with Crippen molar-refractivity contribution in [2.24, 2.45) is 0 Å². The number of ether oxygens (including phenoxy) is 1. The number of rotatable bonds is 7. The molecule has 6 heteroatoms. The molecule has 0 heterocycles. The second-order valence-electron chi connectivity index (χ2n) is 4.01. The lowest BCUT2D eigenvalue weighted by Gasteiger charge is -2.13. The van der Waals surface area contributed by atoms with Crippen LogP contribution in [0.5, 0.6) is 5.75 Å². The van der Waals surface area contributed by atoms with Crippen molar-refractivity contribution < 1.29 is 19.4 Å². The molecule has 20 heavy (non-hydrogen) atoms. The van der Waals surface area contributed by atoms with E-state index in [4.69, 9.17) is 21.4 Å². The molecule has 1 atom stereocenters. The van der Waals surface area contributed by atoms with E-state index in [9.17, 15) is 9.59 Å². The fourth-order valence-corrected chi connectivity index (χ4v) is 1.54. The Morgan fingerprint density at radius 2 is 2.05 bits per heavy atom. The van der Waals surface area contributed by atoms with Crippen molar-refractivity contribution in [3.63, 3.8) is 0 Å². The Labute approximate surface area is 122 Å². The molecule has 1 aromatic carbocycles. The van der Waals surface area contributed by atoms with Gasteiger partial charge in [0.25, 0.3) is 5.91 Å². The molecule has 0 saturated carbocycles. The van der Waals surface area contributed by atoms with E-state index in [1.165, 1.54) is 0 Å². The molecule has 0 aliphatic rings. The maximum Gasteiger partial charge on any atom is 0.326 e. The molecule has 0 aliphatic carbocycles. The summed E-state index contributed by atoms with van der Waals surface area (Å²) in [5, 5.41) is 11.9. The van der Waals surface area contributed by atoms with E-state index in [-0.39, 0.29) is 13.0 Å². The van der Waals surface area contributed by atoms with Gasteiger partial charge in [-0.25, -0.2) is 4.79 Å². The van der Waals surface area contributed by atoms with Gasteiger partial charge in [0.15, 0.2) is 6.61 Å². The Morgan fingerprint density at radius 3 is 2.60 bits per heavy atom. The SMILES string of the molecule is C/C=C/CC(NC(=O)COc1ccc(Cl)cc1)C(=O)O. The first kappa shape index (κ1) is 16.0. The number of halogens is 1. The van der Waals surface area contributed by atoms with E-state index in [1.54, 1.807) is 43.3 Å². The number of carbonyl (C=O) groups is 2. The monoisotopic (exact) mass is 297 g/mol. The smallest absolute Gasteiger partial charge is 0.326 e. The van der Waals surface area contributed by atoms with Gasteiger partial charge in [0, 0.05) is 5.02 Å². The molecule has 108 valence electrons. The quantitative estimate of drug-likeness (QED) is 0.757. The van der Waals surface area contributed by atoms with Crippen LogP contribution in [-0.2, 0) is 9.59 Å². The number of amides is 1. The minimum atomic E-state index is -1.08. The number of benzene rings is 1. The summed E-state index contributed by atoms with van der Waals surface area (Å²) in [7, 11) is 0. The van der Waals surface area contributed by atoms with Gasteiger partial charge in [0.2, 0.25) is 0 Å². The summed E-state index contributed by atoms with van der Waals surface area (Å²) in [6, 6.07) is 5.59. The number of carboxylic acid groups (broad SMARTS) is 1. The summed E-state index contributed by atoms with van der Waals surface area (Å²) in [6.45, 7) is 1.53.